The Kier molecular flexibility index (Phi) is 5.36. The number of benzene rings is 2. The highest BCUT2D eigenvalue weighted by molar-refractivity contribution is 6.09. The molecule has 2 amide bonds. The molecule has 0 spiro atoms. The average Bonchev–Trinajstić information content (AvgIpc) is 2.62. The summed E-state index contributed by atoms with van der Waals surface area (Å²) < 4.78 is 10.5. The molecule has 8 heteroatoms. The van der Waals surface area contributed by atoms with E-state index in [4.69, 9.17) is 9.47 Å². The molecule has 0 N–H and O–H groups in total. The standard InChI is InChI=1S/C19H16N4O4/c1-13-20-14(2)22-17(21-13)23(18(24)26-15-9-5-3-6-10-15)19(25)27-16-11-7-4-8-12-16/h3-12H,1-2H3. The number of hydrogen-bond acceptors (Lipinski definition) is 7. The summed E-state index contributed by atoms with van der Waals surface area (Å²) in [5, 5.41) is 0. The van der Waals surface area contributed by atoms with Gasteiger partial charge in [-0.2, -0.15) is 9.97 Å². The van der Waals surface area contributed by atoms with Crippen molar-refractivity contribution in [3.8, 4) is 11.5 Å². The SMILES string of the molecule is Cc1nc(C)nc(N(C(=O)Oc2ccccc2)C(=O)Oc2ccccc2)n1. The predicted molar refractivity (Wildman–Crippen MR) is 96.7 cm³/mol. The van der Waals surface area contributed by atoms with Crippen molar-refractivity contribution < 1.29 is 19.1 Å². The third-order valence-electron chi connectivity index (χ3n) is 3.31. The van der Waals surface area contributed by atoms with E-state index in [0.717, 1.165) is 0 Å². The summed E-state index contributed by atoms with van der Waals surface area (Å²) in [5.41, 5.74) is 0. The average molecular weight is 364 g/mol. The molecule has 0 radical (unpaired) electrons. The molecule has 0 bridgehead atoms. The van der Waals surface area contributed by atoms with Gasteiger partial charge in [-0.1, -0.05) is 36.4 Å². The molecule has 0 fully saturated rings. The maximum absolute atomic E-state index is 12.7. The second-order valence-electron chi connectivity index (χ2n) is 5.43. The van der Waals surface area contributed by atoms with E-state index < -0.39 is 12.2 Å². The van der Waals surface area contributed by atoms with Gasteiger partial charge in [0.15, 0.2) is 0 Å². The molecule has 0 unspecified atom stereocenters. The fraction of sp³-hybridized carbons (Fsp3) is 0.105. The molecule has 0 saturated heterocycles. The summed E-state index contributed by atoms with van der Waals surface area (Å²) in [5.74, 6) is 1.05. The van der Waals surface area contributed by atoms with Gasteiger partial charge in [0.05, 0.1) is 0 Å². The number of aryl methyl sites for hydroxylation is 2. The van der Waals surface area contributed by atoms with Crippen molar-refractivity contribution in [2.45, 2.75) is 13.8 Å². The number of imide groups is 1. The lowest BCUT2D eigenvalue weighted by Crippen LogP contribution is -2.42. The maximum Gasteiger partial charge on any atom is 0.432 e. The molecule has 8 nitrogen and oxygen atoms in total. The lowest BCUT2D eigenvalue weighted by Gasteiger charge is -2.18. The zero-order valence-electron chi connectivity index (χ0n) is 14.7. The van der Waals surface area contributed by atoms with Crippen LogP contribution in [-0.4, -0.2) is 27.1 Å². The Morgan fingerprint density at radius 3 is 1.52 bits per heavy atom. The topological polar surface area (TPSA) is 94.5 Å². The fourth-order valence-electron chi connectivity index (χ4n) is 2.21. The van der Waals surface area contributed by atoms with Crippen LogP contribution in [0.15, 0.2) is 60.7 Å². The summed E-state index contributed by atoms with van der Waals surface area (Å²) in [4.78, 5) is 38.1. The smallest absolute Gasteiger partial charge is 0.410 e. The molecule has 0 aliphatic heterocycles. The van der Waals surface area contributed by atoms with Crippen LogP contribution in [0, 0.1) is 13.8 Å². The molecule has 3 rings (SSSR count). The van der Waals surface area contributed by atoms with E-state index in [2.05, 4.69) is 15.0 Å². The second-order valence-corrected chi connectivity index (χ2v) is 5.43. The monoisotopic (exact) mass is 364 g/mol. The van der Waals surface area contributed by atoms with E-state index in [1.54, 1.807) is 74.5 Å². The van der Waals surface area contributed by atoms with E-state index in [0.29, 0.717) is 16.5 Å². The molecule has 136 valence electrons. The maximum atomic E-state index is 12.7. The van der Waals surface area contributed by atoms with Crippen molar-refractivity contribution in [2.24, 2.45) is 0 Å². The minimum atomic E-state index is -0.993. The highest BCUT2D eigenvalue weighted by Gasteiger charge is 2.31. The predicted octanol–water partition coefficient (Wildman–Crippen LogP) is 3.69. The van der Waals surface area contributed by atoms with Gasteiger partial charge in [0, 0.05) is 0 Å². The first-order valence-electron chi connectivity index (χ1n) is 8.06. The molecule has 1 heterocycles. The van der Waals surface area contributed by atoms with Gasteiger partial charge < -0.3 is 9.47 Å². The third kappa shape index (κ3) is 4.63. The van der Waals surface area contributed by atoms with Crippen LogP contribution in [-0.2, 0) is 0 Å². The largest absolute Gasteiger partial charge is 0.432 e. The molecular formula is C19H16N4O4. The number of aromatic nitrogens is 3. The number of ether oxygens (including phenoxy) is 2. The molecule has 0 aliphatic rings. The van der Waals surface area contributed by atoms with Crippen LogP contribution in [0.5, 0.6) is 11.5 Å². The van der Waals surface area contributed by atoms with Gasteiger partial charge in [-0.05, 0) is 38.1 Å². The number of hydrogen-bond donors (Lipinski definition) is 0. The van der Waals surface area contributed by atoms with Crippen LogP contribution < -0.4 is 14.4 Å². The molecule has 1 aromatic heterocycles. The van der Waals surface area contributed by atoms with Crippen LogP contribution in [0.4, 0.5) is 15.5 Å². The Morgan fingerprint density at radius 2 is 1.11 bits per heavy atom. The summed E-state index contributed by atoms with van der Waals surface area (Å²) in [6, 6.07) is 16.7. The van der Waals surface area contributed by atoms with Crippen LogP contribution >= 0.6 is 0 Å². The lowest BCUT2D eigenvalue weighted by molar-refractivity contribution is 0.190. The molecule has 0 saturated carbocycles. The number of amides is 2. The number of para-hydroxylation sites is 2. The first-order valence-corrected chi connectivity index (χ1v) is 8.06. The number of carbonyl (C=O) groups excluding carboxylic acids is 2. The van der Waals surface area contributed by atoms with Gasteiger partial charge in [0.2, 0.25) is 5.95 Å². The number of anilines is 1. The number of nitrogens with zero attached hydrogens (tertiary/aromatic N) is 4. The Hall–Kier alpha value is -3.81. The normalized spacial score (nSPS) is 10.1. The fourth-order valence-corrected chi connectivity index (χ4v) is 2.21. The molecule has 0 atom stereocenters. The Labute approximate surface area is 155 Å². The Bertz CT molecular complexity index is 875. The third-order valence-corrected chi connectivity index (χ3v) is 3.31. The van der Waals surface area contributed by atoms with Crippen molar-refractivity contribution in [3.63, 3.8) is 0 Å². The summed E-state index contributed by atoms with van der Waals surface area (Å²) in [6.45, 7) is 3.25. The summed E-state index contributed by atoms with van der Waals surface area (Å²) >= 11 is 0. The van der Waals surface area contributed by atoms with Crippen molar-refractivity contribution >= 4 is 18.1 Å². The van der Waals surface area contributed by atoms with Crippen LogP contribution in [0.1, 0.15) is 11.6 Å². The van der Waals surface area contributed by atoms with E-state index >= 15 is 0 Å². The van der Waals surface area contributed by atoms with Crippen LogP contribution in [0.3, 0.4) is 0 Å². The number of rotatable bonds is 3. The highest BCUT2D eigenvalue weighted by Crippen LogP contribution is 2.17. The Morgan fingerprint density at radius 1 is 0.704 bits per heavy atom. The van der Waals surface area contributed by atoms with Gasteiger partial charge in [0.1, 0.15) is 23.1 Å². The number of carbonyl (C=O) groups is 2. The zero-order valence-corrected chi connectivity index (χ0v) is 14.7. The Balaban J connectivity index is 1.92. The van der Waals surface area contributed by atoms with Gasteiger partial charge >= 0.3 is 12.2 Å². The van der Waals surface area contributed by atoms with Crippen molar-refractivity contribution in [1.29, 1.82) is 0 Å². The molecule has 2 aromatic carbocycles. The van der Waals surface area contributed by atoms with E-state index in [9.17, 15) is 9.59 Å². The minimum Gasteiger partial charge on any atom is -0.410 e. The zero-order chi connectivity index (χ0) is 19.2. The minimum absolute atomic E-state index is 0.179. The first-order chi connectivity index (χ1) is 13.0. The van der Waals surface area contributed by atoms with Crippen LogP contribution in [0.25, 0.3) is 0 Å². The second kappa shape index (κ2) is 8.05. The first kappa shape index (κ1) is 18.0. The van der Waals surface area contributed by atoms with E-state index in [1.807, 2.05) is 0 Å². The quantitative estimate of drug-likeness (QED) is 0.699. The lowest BCUT2D eigenvalue weighted by atomic mass is 10.3. The van der Waals surface area contributed by atoms with Gasteiger partial charge in [0.25, 0.3) is 0 Å². The van der Waals surface area contributed by atoms with Crippen molar-refractivity contribution in [1.82, 2.24) is 15.0 Å². The molecule has 3 aromatic rings. The van der Waals surface area contributed by atoms with Gasteiger partial charge in [-0.3, -0.25) is 0 Å². The van der Waals surface area contributed by atoms with Crippen molar-refractivity contribution in [3.05, 3.63) is 72.3 Å². The molecule has 27 heavy (non-hydrogen) atoms. The van der Waals surface area contributed by atoms with Gasteiger partial charge in [-0.15, -0.1) is 4.90 Å². The molecule has 0 aliphatic carbocycles. The van der Waals surface area contributed by atoms with E-state index in [1.165, 1.54) is 0 Å². The van der Waals surface area contributed by atoms with Crippen molar-refractivity contribution in [2.75, 3.05) is 4.90 Å². The molecular weight excluding hydrogens is 348 g/mol. The summed E-state index contributed by atoms with van der Waals surface area (Å²) in [6.07, 6.45) is -1.99. The van der Waals surface area contributed by atoms with E-state index in [-0.39, 0.29) is 17.4 Å². The van der Waals surface area contributed by atoms with Crippen LogP contribution in [0.2, 0.25) is 0 Å². The highest BCUT2D eigenvalue weighted by atomic mass is 16.6. The summed E-state index contributed by atoms with van der Waals surface area (Å²) in [7, 11) is 0. The van der Waals surface area contributed by atoms with Gasteiger partial charge in [-0.25, -0.2) is 14.6 Å².